The molecule has 1 amide bonds. The Bertz CT molecular complexity index is 1570. The molecule has 2 fully saturated rings. The molecule has 1 saturated heterocycles. The van der Waals surface area contributed by atoms with Crippen molar-refractivity contribution in [2.75, 3.05) is 6.54 Å². The highest BCUT2D eigenvalue weighted by atomic mass is 16.7. The van der Waals surface area contributed by atoms with Gasteiger partial charge >= 0.3 is 24.0 Å². The van der Waals surface area contributed by atoms with Crippen molar-refractivity contribution in [2.45, 2.75) is 102 Å². The van der Waals surface area contributed by atoms with Crippen molar-refractivity contribution in [2.24, 2.45) is 10.2 Å². The van der Waals surface area contributed by atoms with Crippen molar-refractivity contribution in [3.8, 4) is 0 Å². The molecule has 0 bridgehead atoms. The molecule has 8 atom stereocenters. The first-order valence-electron chi connectivity index (χ1n) is 16.0. The molecule has 1 heterocycles. The summed E-state index contributed by atoms with van der Waals surface area (Å²) in [5, 5.41) is 7.51. The second kappa shape index (κ2) is 18.4. The van der Waals surface area contributed by atoms with Crippen LogP contribution in [0.15, 0.2) is 70.9 Å². The molecule has 1 aliphatic carbocycles. The highest BCUT2D eigenvalue weighted by molar-refractivity contribution is 5.68. The van der Waals surface area contributed by atoms with Crippen LogP contribution in [0.4, 0.5) is 4.79 Å². The van der Waals surface area contributed by atoms with Gasteiger partial charge in [-0.1, -0.05) is 70.9 Å². The SMILES string of the molecule is CC(=O)OC1CC[C@@H](CN(Cc2ccccc2)C(=O)OCc2ccccc2)OC1OC1C(N=[N+]=[N-])CC(N=[N+]=[N-])[C@H](OC(C)=O)[C@H]1OC(C)=O. The quantitative estimate of drug-likeness (QED) is 0.0868. The van der Waals surface area contributed by atoms with Gasteiger partial charge in [-0.15, -0.1) is 0 Å². The molecule has 50 heavy (non-hydrogen) atoms. The molecule has 0 spiro atoms. The zero-order valence-corrected chi connectivity index (χ0v) is 27.8. The van der Waals surface area contributed by atoms with Gasteiger partial charge in [-0.2, -0.15) is 0 Å². The summed E-state index contributed by atoms with van der Waals surface area (Å²) in [5.74, 6) is -2.16. The molecule has 2 aromatic rings. The second-order valence-electron chi connectivity index (χ2n) is 11.8. The van der Waals surface area contributed by atoms with Crippen LogP contribution < -0.4 is 0 Å². The lowest BCUT2D eigenvalue weighted by Gasteiger charge is -2.45. The molecule has 5 unspecified atom stereocenters. The topological polar surface area (TPSA) is 224 Å². The van der Waals surface area contributed by atoms with E-state index >= 15 is 0 Å². The Morgan fingerprint density at radius 3 is 1.92 bits per heavy atom. The number of carbonyl (C=O) groups excluding carboxylic acids is 4. The Morgan fingerprint density at radius 2 is 1.34 bits per heavy atom. The summed E-state index contributed by atoms with van der Waals surface area (Å²) < 4.78 is 34.9. The zero-order valence-electron chi connectivity index (χ0n) is 27.8. The zero-order chi connectivity index (χ0) is 36.0. The number of nitrogens with zero attached hydrogens (tertiary/aromatic N) is 7. The third kappa shape index (κ3) is 10.8. The molecule has 0 N–H and O–H groups in total. The van der Waals surface area contributed by atoms with E-state index in [4.69, 9.17) is 28.4 Å². The van der Waals surface area contributed by atoms with Gasteiger partial charge in [0.05, 0.1) is 24.7 Å². The summed E-state index contributed by atoms with van der Waals surface area (Å²) in [6.07, 6.45) is -7.08. The maximum atomic E-state index is 13.4. The molecule has 2 aromatic carbocycles. The molecule has 1 saturated carbocycles. The van der Waals surface area contributed by atoms with Gasteiger partial charge < -0.3 is 33.3 Å². The average Bonchev–Trinajstić information content (AvgIpc) is 3.08. The minimum atomic E-state index is -1.42. The molecule has 17 heteroatoms. The third-order valence-corrected chi connectivity index (χ3v) is 8.01. The van der Waals surface area contributed by atoms with Crippen LogP contribution in [0.5, 0.6) is 0 Å². The maximum absolute atomic E-state index is 13.4. The van der Waals surface area contributed by atoms with Crippen molar-refractivity contribution < 1.29 is 47.6 Å². The van der Waals surface area contributed by atoms with E-state index in [1.54, 1.807) is 0 Å². The van der Waals surface area contributed by atoms with Crippen LogP contribution in [-0.2, 0) is 56.0 Å². The first-order valence-corrected chi connectivity index (χ1v) is 16.0. The Kier molecular flexibility index (Phi) is 13.8. The fraction of sp³-hybridized carbons (Fsp3) is 0.515. The largest absolute Gasteiger partial charge is 0.458 e. The Hall–Kier alpha value is -5.34. The van der Waals surface area contributed by atoms with Crippen molar-refractivity contribution >= 4 is 24.0 Å². The Labute approximate surface area is 287 Å². The number of benzene rings is 2. The van der Waals surface area contributed by atoms with Crippen LogP contribution in [0.25, 0.3) is 20.9 Å². The summed E-state index contributed by atoms with van der Waals surface area (Å²) in [4.78, 5) is 57.1. The molecule has 0 radical (unpaired) electrons. The van der Waals surface area contributed by atoms with Crippen LogP contribution in [0.3, 0.4) is 0 Å². The molecular weight excluding hydrogens is 654 g/mol. The lowest BCUT2D eigenvalue weighted by atomic mass is 9.84. The van der Waals surface area contributed by atoms with E-state index in [2.05, 4.69) is 20.1 Å². The smallest absolute Gasteiger partial charge is 0.410 e. The number of hydrogen-bond acceptors (Lipinski definition) is 12. The van der Waals surface area contributed by atoms with Gasteiger partial charge in [-0.05, 0) is 41.5 Å². The van der Waals surface area contributed by atoms with Crippen molar-refractivity contribution in [1.82, 2.24) is 4.90 Å². The number of ether oxygens (including phenoxy) is 6. The summed E-state index contributed by atoms with van der Waals surface area (Å²) >= 11 is 0. The van der Waals surface area contributed by atoms with E-state index < -0.39 is 72.9 Å². The summed E-state index contributed by atoms with van der Waals surface area (Å²) in [7, 11) is 0. The van der Waals surface area contributed by atoms with Gasteiger partial charge in [0.2, 0.25) is 0 Å². The van der Waals surface area contributed by atoms with Gasteiger partial charge in [0.25, 0.3) is 0 Å². The van der Waals surface area contributed by atoms with Crippen LogP contribution in [-0.4, -0.2) is 84.3 Å². The van der Waals surface area contributed by atoms with Crippen molar-refractivity contribution in [1.29, 1.82) is 0 Å². The number of carbonyl (C=O) groups is 4. The van der Waals surface area contributed by atoms with Gasteiger partial charge in [0, 0.05) is 37.1 Å². The molecule has 17 nitrogen and oxygen atoms in total. The first-order chi connectivity index (χ1) is 24.1. The highest BCUT2D eigenvalue weighted by Crippen LogP contribution is 2.35. The van der Waals surface area contributed by atoms with Crippen LogP contribution in [0.1, 0.15) is 51.2 Å². The van der Waals surface area contributed by atoms with Crippen LogP contribution in [0, 0.1) is 0 Å². The van der Waals surface area contributed by atoms with E-state index in [1.165, 1.54) is 11.8 Å². The van der Waals surface area contributed by atoms with Gasteiger partial charge in [0.1, 0.15) is 18.8 Å². The first kappa shape index (κ1) is 37.5. The Morgan fingerprint density at radius 1 is 0.780 bits per heavy atom. The molecule has 0 aromatic heterocycles. The number of rotatable bonds is 13. The van der Waals surface area contributed by atoms with Gasteiger partial charge in [-0.25, -0.2) is 4.79 Å². The average molecular weight is 694 g/mol. The number of esters is 3. The van der Waals surface area contributed by atoms with E-state index in [0.717, 1.165) is 25.0 Å². The summed E-state index contributed by atoms with van der Waals surface area (Å²) in [6, 6.07) is 16.4. The normalized spacial score (nSPS) is 25.8. The fourth-order valence-corrected chi connectivity index (χ4v) is 5.96. The van der Waals surface area contributed by atoms with Gasteiger partial charge in [-0.3, -0.25) is 14.4 Å². The fourth-order valence-electron chi connectivity index (χ4n) is 5.96. The number of hydrogen-bond donors (Lipinski definition) is 0. The molecule has 1 aliphatic heterocycles. The monoisotopic (exact) mass is 693 g/mol. The standard InChI is InChI=1S/C33H39N7O10/c1-20(41)46-28-15-14-25(18-40(17-23-10-6-4-7-11-23)33(44)45-19-24-12-8-5-9-13-24)49-32(28)50-30-27(37-39-35)16-26(36-38-34)29(47-21(2)42)31(30)48-22(3)43/h4-13,25-32H,14-19H2,1-3H3/t25-,26?,27?,28?,29-,30?,31+,32?/m0/s1. The summed E-state index contributed by atoms with van der Waals surface area (Å²) in [5.41, 5.74) is 20.2. The third-order valence-electron chi connectivity index (χ3n) is 8.01. The van der Waals surface area contributed by atoms with E-state index in [0.29, 0.717) is 6.42 Å². The Balaban J connectivity index is 1.61. The predicted octanol–water partition coefficient (Wildman–Crippen LogP) is 5.27. The van der Waals surface area contributed by atoms with E-state index in [1.807, 2.05) is 60.7 Å². The van der Waals surface area contributed by atoms with Crippen LogP contribution in [0.2, 0.25) is 0 Å². The van der Waals surface area contributed by atoms with E-state index in [9.17, 15) is 30.2 Å². The highest BCUT2D eigenvalue weighted by Gasteiger charge is 2.51. The van der Waals surface area contributed by atoms with Crippen molar-refractivity contribution in [3.63, 3.8) is 0 Å². The predicted molar refractivity (Wildman–Crippen MR) is 173 cm³/mol. The maximum Gasteiger partial charge on any atom is 0.410 e. The number of amides is 1. The van der Waals surface area contributed by atoms with Gasteiger partial charge in [0.15, 0.2) is 18.5 Å². The molecule has 4 rings (SSSR count). The second-order valence-corrected chi connectivity index (χ2v) is 11.8. The molecular formula is C33H39N7O10. The summed E-state index contributed by atoms with van der Waals surface area (Å²) in [6.45, 7) is 3.78. The minimum Gasteiger partial charge on any atom is -0.458 e. The van der Waals surface area contributed by atoms with Crippen molar-refractivity contribution in [3.05, 3.63) is 92.7 Å². The molecule has 2 aliphatic rings. The number of azide groups is 2. The van der Waals surface area contributed by atoms with E-state index in [-0.39, 0.29) is 32.5 Å². The lowest BCUT2D eigenvalue weighted by molar-refractivity contribution is -0.285. The van der Waals surface area contributed by atoms with Crippen LogP contribution >= 0.6 is 0 Å². The lowest BCUT2D eigenvalue weighted by Crippen LogP contribution is -2.60. The minimum absolute atomic E-state index is 0.0527. The molecule has 266 valence electrons.